The molecule has 6 heteroatoms. The minimum absolute atomic E-state index is 0.0556. The summed E-state index contributed by atoms with van der Waals surface area (Å²) in [5.74, 6) is -1.97. The van der Waals surface area contributed by atoms with Gasteiger partial charge in [0.05, 0.1) is 0 Å². The number of hydrogen-bond acceptors (Lipinski definition) is 3. The monoisotopic (exact) mass is 268 g/mol. The second kappa shape index (κ2) is 6.36. The van der Waals surface area contributed by atoms with Crippen LogP contribution >= 0.6 is 0 Å². The van der Waals surface area contributed by atoms with Crippen molar-refractivity contribution in [2.75, 3.05) is 0 Å². The number of carbonyl (C=O) groups is 3. The molecule has 1 aliphatic carbocycles. The van der Waals surface area contributed by atoms with E-state index in [1.54, 1.807) is 0 Å². The average Bonchev–Trinajstić information content (AvgIpc) is 2.24. The minimum Gasteiger partial charge on any atom is -0.478 e. The number of amides is 3. The predicted octanol–water partition coefficient (Wildman–Crippen LogP) is 1.42. The van der Waals surface area contributed by atoms with Crippen LogP contribution in [-0.4, -0.2) is 29.1 Å². The van der Waals surface area contributed by atoms with Gasteiger partial charge in [0.25, 0.3) is 5.91 Å². The van der Waals surface area contributed by atoms with Crippen LogP contribution in [0.2, 0.25) is 0 Å². The molecule has 0 bridgehead atoms. The van der Waals surface area contributed by atoms with Crippen LogP contribution in [0.3, 0.4) is 0 Å². The normalized spacial score (nSPS) is 21.9. The van der Waals surface area contributed by atoms with E-state index in [0.717, 1.165) is 31.8 Å². The van der Waals surface area contributed by atoms with Crippen molar-refractivity contribution in [2.24, 2.45) is 5.41 Å². The number of rotatable bonds is 3. The maximum absolute atomic E-state index is 11.6. The van der Waals surface area contributed by atoms with Gasteiger partial charge in [-0.25, -0.2) is 9.59 Å². The minimum atomic E-state index is -1.23. The fourth-order valence-electron chi connectivity index (χ4n) is 2.34. The summed E-state index contributed by atoms with van der Waals surface area (Å²) >= 11 is 0. The van der Waals surface area contributed by atoms with E-state index in [2.05, 4.69) is 24.5 Å². The molecular weight excluding hydrogens is 248 g/mol. The molecule has 0 radical (unpaired) electrons. The third-order valence-corrected chi connectivity index (χ3v) is 3.15. The Kier molecular flexibility index (Phi) is 5.09. The van der Waals surface area contributed by atoms with Crippen LogP contribution in [0.5, 0.6) is 0 Å². The van der Waals surface area contributed by atoms with Crippen LogP contribution in [0.15, 0.2) is 12.2 Å². The zero-order valence-corrected chi connectivity index (χ0v) is 11.2. The molecule has 1 unspecified atom stereocenters. The largest absolute Gasteiger partial charge is 0.478 e. The molecule has 1 rings (SSSR count). The Morgan fingerprint density at radius 3 is 2.53 bits per heavy atom. The van der Waals surface area contributed by atoms with E-state index in [-0.39, 0.29) is 11.5 Å². The third kappa shape index (κ3) is 6.03. The second-order valence-electron chi connectivity index (χ2n) is 5.59. The highest BCUT2D eigenvalue weighted by Crippen LogP contribution is 2.34. The summed E-state index contributed by atoms with van der Waals surface area (Å²) in [5.41, 5.74) is 0.198. The molecule has 0 aromatic heterocycles. The van der Waals surface area contributed by atoms with Gasteiger partial charge >= 0.3 is 12.0 Å². The van der Waals surface area contributed by atoms with Gasteiger partial charge in [-0.15, -0.1) is 0 Å². The van der Waals surface area contributed by atoms with E-state index < -0.39 is 17.9 Å². The number of nitrogens with one attached hydrogen (secondary N) is 2. The lowest BCUT2D eigenvalue weighted by atomic mass is 9.75. The van der Waals surface area contributed by atoms with Gasteiger partial charge in [-0.1, -0.05) is 20.3 Å². The van der Waals surface area contributed by atoms with Crippen molar-refractivity contribution < 1.29 is 19.5 Å². The Hall–Kier alpha value is -1.85. The SMILES string of the molecule is CC1(C)CCCC(NC(=O)NC(=O)/C=C/C(=O)O)C1. The lowest BCUT2D eigenvalue weighted by molar-refractivity contribution is -0.131. The number of urea groups is 1. The highest BCUT2D eigenvalue weighted by Gasteiger charge is 2.28. The Balaban J connectivity index is 2.39. The van der Waals surface area contributed by atoms with Gasteiger partial charge in [0.15, 0.2) is 0 Å². The Bertz CT molecular complexity index is 401. The molecule has 0 heterocycles. The standard InChI is InChI=1S/C13H20N2O4/c1-13(2)7-3-4-9(8-13)14-12(19)15-10(16)5-6-11(17)18/h5-6,9H,3-4,7-8H2,1-2H3,(H,17,18)(H2,14,15,16,19)/b6-5+. The zero-order valence-electron chi connectivity index (χ0n) is 11.2. The highest BCUT2D eigenvalue weighted by molar-refractivity contribution is 6.02. The van der Waals surface area contributed by atoms with Crippen LogP contribution in [0.4, 0.5) is 4.79 Å². The van der Waals surface area contributed by atoms with Crippen molar-refractivity contribution in [3.05, 3.63) is 12.2 Å². The summed E-state index contributed by atoms with van der Waals surface area (Å²) in [6, 6.07) is -0.525. The molecule has 0 aliphatic heterocycles. The van der Waals surface area contributed by atoms with E-state index in [1.807, 2.05) is 0 Å². The fourth-order valence-corrected chi connectivity index (χ4v) is 2.34. The molecule has 3 N–H and O–H groups in total. The van der Waals surface area contributed by atoms with Crippen molar-refractivity contribution in [3.8, 4) is 0 Å². The number of hydrogen-bond donors (Lipinski definition) is 3. The Labute approximate surface area is 112 Å². The van der Waals surface area contributed by atoms with Crippen molar-refractivity contribution >= 4 is 17.9 Å². The molecule has 0 saturated heterocycles. The molecule has 1 saturated carbocycles. The molecule has 19 heavy (non-hydrogen) atoms. The van der Waals surface area contributed by atoms with E-state index in [4.69, 9.17) is 5.11 Å². The van der Waals surface area contributed by atoms with Gasteiger partial charge in [0.1, 0.15) is 0 Å². The molecule has 1 fully saturated rings. The number of carboxylic acid groups (broad SMARTS) is 1. The van der Waals surface area contributed by atoms with E-state index in [9.17, 15) is 14.4 Å². The number of carboxylic acids is 1. The first-order valence-corrected chi connectivity index (χ1v) is 6.31. The van der Waals surface area contributed by atoms with Crippen LogP contribution in [0.25, 0.3) is 0 Å². The van der Waals surface area contributed by atoms with Crippen molar-refractivity contribution in [1.82, 2.24) is 10.6 Å². The third-order valence-electron chi connectivity index (χ3n) is 3.15. The van der Waals surface area contributed by atoms with Crippen molar-refractivity contribution in [3.63, 3.8) is 0 Å². The van der Waals surface area contributed by atoms with Gasteiger partial charge < -0.3 is 10.4 Å². The number of aliphatic carboxylic acids is 1. The van der Waals surface area contributed by atoms with Gasteiger partial charge in [0, 0.05) is 18.2 Å². The van der Waals surface area contributed by atoms with Gasteiger partial charge in [-0.3, -0.25) is 10.1 Å². The van der Waals surface area contributed by atoms with E-state index in [1.165, 1.54) is 0 Å². The molecular formula is C13H20N2O4. The van der Waals surface area contributed by atoms with Crippen LogP contribution in [0.1, 0.15) is 39.5 Å². The average molecular weight is 268 g/mol. The molecule has 1 atom stereocenters. The van der Waals surface area contributed by atoms with Crippen molar-refractivity contribution in [2.45, 2.75) is 45.6 Å². The predicted molar refractivity (Wildman–Crippen MR) is 69.5 cm³/mol. The first kappa shape index (κ1) is 15.2. The van der Waals surface area contributed by atoms with Crippen LogP contribution < -0.4 is 10.6 Å². The fraction of sp³-hybridized carbons (Fsp3) is 0.615. The maximum atomic E-state index is 11.6. The van der Waals surface area contributed by atoms with Gasteiger partial charge in [-0.2, -0.15) is 0 Å². The smallest absolute Gasteiger partial charge is 0.328 e. The second-order valence-corrected chi connectivity index (χ2v) is 5.59. The topological polar surface area (TPSA) is 95.5 Å². The number of imide groups is 1. The maximum Gasteiger partial charge on any atom is 0.328 e. The molecule has 0 aromatic rings. The summed E-state index contributed by atoms with van der Waals surface area (Å²) < 4.78 is 0. The summed E-state index contributed by atoms with van der Waals surface area (Å²) in [5, 5.41) is 13.2. The highest BCUT2D eigenvalue weighted by atomic mass is 16.4. The lowest BCUT2D eigenvalue weighted by Gasteiger charge is -2.35. The van der Waals surface area contributed by atoms with E-state index >= 15 is 0 Å². The Morgan fingerprint density at radius 2 is 1.95 bits per heavy atom. The van der Waals surface area contributed by atoms with Gasteiger partial charge in [-0.05, 0) is 24.7 Å². The van der Waals surface area contributed by atoms with Crippen LogP contribution in [0, 0.1) is 5.41 Å². The summed E-state index contributed by atoms with van der Waals surface area (Å²) in [6.45, 7) is 4.30. The van der Waals surface area contributed by atoms with Crippen molar-refractivity contribution in [1.29, 1.82) is 0 Å². The summed E-state index contributed by atoms with van der Waals surface area (Å²) in [6.07, 6.45) is 5.45. The zero-order chi connectivity index (χ0) is 14.5. The first-order valence-electron chi connectivity index (χ1n) is 6.31. The first-order chi connectivity index (χ1) is 8.78. The van der Waals surface area contributed by atoms with Crippen LogP contribution in [-0.2, 0) is 9.59 Å². The molecule has 6 nitrogen and oxygen atoms in total. The molecule has 0 aromatic carbocycles. The molecule has 3 amide bonds. The molecule has 106 valence electrons. The number of carbonyl (C=O) groups excluding carboxylic acids is 2. The summed E-state index contributed by atoms with van der Waals surface area (Å²) in [4.78, 5) is 33.0. The Morgan fingerprint density at radius 1 is 1.26 bits per heavy atom. The van der Waals surface area contributed by atoms with Gasteiger partial charge in [0.2, 0.25) is 0 Å². The lowest BCUT2D eigenvalue weighted by Crippen LogP contribution is -2.46. The molecule has 1 aliphatic rings. The summed E-state index contributed by atoms with van der Waals surface area (Å²) in [7, 11) is 0. The molecule has 0 spiro atoms. The quantitative estimate of drug-likeness (QED) is 0.674. The van der Waals surface area contributed by atoms with E-state index in [0.29, 0.717) is 6.08 Å².